The zero-order valence-corrected chi connectivity index (χ0v) is 14.2. The van der Waals surface area contributed by atoms with Crippen molar-refractivity contribution in [2.24, 2.45) is 5.41 Å². The summed E-state index contributed by atoms with van der Waals surface area (Å²) in [4.78, 5) is 14.6. The summed E-state index contributed by atoms with van der Waals surface area (Å²) in [5.41, 5.74) is 2.03. The zero-order valence-electron chi connectivity index (χ0n) is 14.2. The highest BCUT2D eigenvalue weighted by Gasteiger charge is 2.37. The number of hydrogen-bond acceptors (Lipinski definition) is 3. The Morgan fingerprint density at radius 3 is 2.88 bits per heavy atom. The van der Waals surface area contributed by atoms with Crippen LogP contribution < -0.4 is 0 Å². The lowest BCUT2D eigenvalue weighted by atomic mass is 9.83. The highest BCUT2D eigenvalue weighted by atomic mass is 16.5. The summed E-state index contributed by atoms with van der Waals surface area (Å²) in [7, 11) is 0. The minimum absolute atomic E-state index is 0.0223. The van der Waals surface area contributed by atoms with Crippen LogP contribution >= 0.6 is 0 Å². The van der Waals surface area contributed by atoms with E-state index in [1.807, 2.05) is 11.0 Å². The molecule has 2 heterocycles. The Labute approximate surface area is 142 Å². The normalized spacial score (nSPS) is 23.6. The third-order valence-corrected chi connectivity index (χ3v) is 5.43. The number of carbonyl (C=O) groups is 1. The smallest absolute Gasteiger partial charge is 0.276 e. The van der Waals surface area contributed by atoms with Crippen molar-refractivity contribution < 1.29 is 9.32 Å². The lowest BCUT2D eigenvalue weighted by Gasteiger charge is -2.24. The predicted molar refractivity (Wildman–Crippen MR) is 91.9 cm³/mol. The van der Waals surface area contributed by atoms with E-state index in [1.165, 1.54) is 5.56 Å². The largest absolute Gasteiger partial charge is 0.360 e. The molecule has 0 spiro atoms. The van der Waals surface area contributed by atoms with Crippen LogP contribution in [0.25, 0.3) is 0 Å². The maximum absolute atomic E-state index is 12.7. The van der Waals surface area contributed by atoms with E-state index in [2.05, 4.69) is 42.4 Å². The van der Waals surface area contributed by atoms with Crippen LogP contribution in [-0.4, -0.2) is 29.1 Å². The fourth-order valence-corrected chi connectivity index (χ4v) is 3.60. The average Bonchev–Trinajstić information content (AvgIpc) is 3.20. The van der Waals surface area contributed by atoms with Crippen LogP contribution in [0.4, 0.5) is 0 Å². The molecule has 1 saturated carbocycles. The van der Waals surface area contributed by atoms with Crippen LogP contribution in [0.5, 0.6) is 0 Å². The molecule has 4 rings (SSSR count). The molecule has 2 aliphatic rings. The molecule has 4 nitrogen and oxygen atoms in total. The van der Waals surface area contributed by atoms with Crippen LogP contribution in [0, 0.1) is 5.41 Å². The molecule has 1 amide bonds. The number of aromatic nitrogens is 1. The second-order valence-corrected chi connectivity index (χ2v) is 7.66. The van der Waals surface area contributed by atoms with Crippen molar-refractivity contribution in [1.29, 1.82) is 0 Å². The second kappa shape index (κ2) is 6.08. The Morgan fingerprint density at radius 2 is 2.12 bits per heavy atom. The number of hydrogen-bond donors (Lipinski definition) is 0. The van der Waals surface area contributed by atoms with Gasteiger partial charge in [-0.2, -0.15) is 0 Å². The number of aryl methyl sites for hydroxylation is 1. The Kier molecular flexibility index (Phi) is 3.91. The van der Waals surface area contributed by atoms with E-state index in [-0.39, 0.29) is 11.3 Å². The van der Waals surface area contributed by atoms with Crippen molar-refractivity contribution in [2.75, 3.05) is 13.1 Å². The first-order chi connectivity index (χ1) is 11.6. The van der Waals surface area contributed by atoms with Crippen LogP contribution in [0.3, 0.4) is 0 Å². The van der Waals surface area contributed by atoms with Gasteiger partial charge in [-0.05, 0) is 43.1 Å². The number of rotatable bonds is 5. The molecule has 0 radical (unpaired) electrons. The summed E-state index contributed by atoms with van der Waals surface area (Å²) in [5.74, 6) is 1.40. The van der Waals surface area contributed by atoms with Crippen molar-refractivity contribution in [2.45, 2.75) is 44.9 Å². The first-order valence-corrected chi connectivity index (χ1v) is 8.93. The Bertz CT molecular complexity index is 720. The lowest BCUT2D eigenvalue weighted by molar-refractivity contribution is 0.0763. The van der Waals surface area contributed by atoms with Gasteiger partial charge < -0.3 is 9.42 Å². The number of benzene rings is 1. The number of likely N-dealkylation sites (tertiary alicyclic amines) is 1. The van der Waals surface area contributed by atoms with Gasteiger partial charge in [-0.15, -0.1) is 0 Å². The summed E-state index contributed by atoms with van der Waals surface area (Å²) >= 11 is 0. The van der Waals surface area contributed by atoms with Crippen LogP contribution in [0.1, 0.15) is 60.3 Å². The monoisotopic (exact) mass is 324 g/mol. The molecule has 0 unspecified atom stereocenters. The van der Waals surface area contributed by atoms with E-state index >= 15 is 0 Å². The first kappa shape index (κ1) is 15.4. The minimum Gasteiger partial charge on any atom is -0.360 e. The average molecular weight is 324 g/mol. The highest BCUT2D eigenvalue weighted by molar-refractivity contribution is 5.92. The quantitative estimate of drug-likeness (QED) is 0.834. The number of carbonyl (C=O) groups excluding carboxylic acids is 1. The molecular weight excluding hydrogens is 300 g/mol. The molecule has 126 valence electrons. The fraction of sp³-hybridized carbons (Fsp3) is 0.500. The SMILES string of the molecule is C[C@]1(CCc2ccccc2)CCN(C(=O)c2cc(C3CC3)on2)C1. The van der Waals surface area contributed by atoms with Crippen molar-refractivity contribution in [1.82, 2.24) is 10.1 Å². The van der Waals surface area contributed by atoms with E-state index in [0.29, 0.717) is 11.6 Å². The van der Waals surface area contributed by atoms with Gasteiger partial charge in [0.2, 0.25) is 0 Å². The van der Waals surface area contributed by atoms with Gasteiger partial charge in [-0.3, -0.25) is 4.79 Å². The van der Waals surface area contributed by atoms with Crippen molar-refractivity contribution in [3.8, 4) is 0 Å². The summed E-state index contributed by atoms with van der Waals surface area (Å²) in [6, 6.07) is 12.4. The van der Waals surface area contributed by atoms with E-state index in [9.17, 15) is 4.79 Å². The molecule has 4 heteroatoms. The molecular formula is C20H24N2O2. The third kappa shape index (κ3) is 3.23. The maximum Gasteiger partial charge on any atom is 0.276 e. The van der Waals surface area contributed by atoms with Gasteiger partial charge in [0.05, 0.1) is 0 Å². The van der Waals surface area contributed by atoms with Gasteiger partial charge in [0.25, 0.3) is 5.91 Å². The van der Waals surface area contributed by atoms with Crippen molar-refractivity contribution >= 4 is 5.91 Å². The summed E-state index contributed by atoms with van der Waals surface area (Å²) in [6.45, 7) is 3.92. The highest BCUT2D eigenvalue weighted by Crippen LogP contribution is 2.40. The van der Waals surface area contributed by atoms with Gasteiger partial charge >= 0.3 is 0 Å². The van der Waals surface area contributed by atoms with E-state index < -0.39 is 0 Å². The zero-order chi connectivity index (χ0) is 16.6. The molecule has 2 aromatic rings. The predicted octanol–water partition coefficient (Wildman–Crippen LogP) is 4.04. The molecule has 1 atom stereocenters. The Morgan fingerprint density at radius 1 is 1.33 bits per heavy atom. The topological polar surface area (TPSA) is 46.3 Å². The maximum atomic E-state index is 12.7. The third-order valence-electron chi connectivity index (χ3n) is 5.43. The molecule has 0 bridgehead atoms. The summed E-state index contributed by atoms with van der Waals surface area (Å²) in [5, 5.41) is 4.00. The second-order valence-electron chi connectivity index (χ2n) is 7.66. The van der Waals surface area contributed by atoms with Gasteiger partial charge in [-0.25, -0.2) is 0 Å². The fourth-order valence-electron chi connectivity index (χ4n) is 3.60. The molecule has 0 N–H and O–H groups in total. The number of amides is 1. The van der Waals surface area contributed by atoms with Crippen molar-refractivity contribution in [3.05, 3.63) is 53.4 Å². The molecule has 24 heavy (non-hydrogen) atoms. The summed E-state index contributed by atoms with van der Waals surface area (Å²) < 4.78 is 5.33. The van der Waals surface area contributed by atoms with Crippen LogP contribution in [-0.2, 0) is 6.42 Å². The van der Waals surface area contributed by atoms with Crippen LogP contribution in [0.15, 0.2) is 40.9 Å². The molecule has 1 aliphatic heterocycles. The van der Waals surface area contributed by atoms with Gasteiger partial charge in [0.15, 0.2) is 5.69 Å². The lowest BCUT2D eigenvalue weighted by Crippen LogP contribution is -2.31. The van der Waals surface area contributed by atoms with Crippen LogP contribution in [0.2, 0.25) is 0 Å². The van der Waals surface area contributed by atoms with Crippen molar-refractivity contribution in [3.63, 3.8) is 0 Å². The minimum atomic E-state index is 0.0223. The molecule has 1 aromatic heterocycles. The Balaban J connectivity index is 1.36. The van der Waals surface area contributed by atoms with Gasteiger partial charge in [0, 0.05) is 25.1 Å². The first-order valence-electron chi connectivity index (χ1n) is 8.93. The molecule has 1 aromatic carbocycles. The van der Waals surface area contributed by atoms with E-state index in [4.69, 9.17) is 4.52 Å². The number of nitrogens with zero attached hydrogens (tertiary/aromatic N) is 2. The van der Waals surface area contributed by atoms with Gasteiger partial charge in [-0.1, -0.05) is 42.4 Å². The van der Waals surface area contributed by atoms with E-state index in [1.54, 1.807) is 0 Å². The standard InChI is InChI=1S/C20H24N2O2/c1-20(10-9-15-5-3-2-4-6-15)11-12-22(14-20)19(23)17-13-18(24-21-17)16-7-8-16/h2-6,13,16H,7-12,14H2,1H3/t20-/m0/s1. The molecule has 2 fully saturated rings. The molecule has 1 aliphatic carbocycles. The van der Waals surface area contributed by atoms with E-state index in [0.717, 1.165) is 51.0 Å². The summed E-state index contributed by atoms with van der Waals surface area (Å²) in [6.07, 6.45) is 5.54. The molecule has 1 saturated heterocycles. The van der Waals surface area contributed by atoms with Gasteiger partial charge in [0.1, 0.15) is 5.76 Å². The Hall–Kier alpha value is -2.10.